The van der Waals surface area contributed by atoms with Crippen molar-refractivity contribution in [1.82, 2.24) is 4.90 Å². The van der Waals surface area contributed by atoms with E-state index in [1.165, 1.54) is 6.42 Å². The van der Waals surface area contributed by atoms with Crippen LogP contribution in [-0.4, -0.2) is 37.2 Å². The summed E-state index contributed by atoms with van der Waals surface area (Å²) in [5.74, 6) is 0. The lowest BCUT2D eigenvalue weighted by atomic mass is 9.99. The molecule has 0 N–H and O–H groups in total. The maximum Gasteiger partial charge on any atom is 0.0753 e. The van der Waals surface area contributed by atoms with E-state index in [0.29, 0.717) is 12.1 Å². The number of hydrogen-bond donors (Lipinski definition) is 0. The fourth-order valence-corrected chi connectivity index (χ4v) is 1.97. The molecule has 2 atom stereocenters. The van der Waals surface area contributed by atoms with E-state index in [1.807, 2.05) is 0 Å². The van der Waals surface area contributed by atoms with Crippen LogP contribution in [0, 0.1) is 0 Å². The Hall–Kier alpha value is -0.340. The molecule has 0 aromatic rings. The topological polar surface area (TPSA) is 12.5 Å². The predicted octanol–water partition coefficient (Wildman–Crippen LogP) is 2.06. The van der Waals surface area contributed by atoms with Gasteiger partial charge in [-0.25, -0.2) is 0 Å². The van der Waals surface area contributed by atoms with Gasteiger partial charge in [0.15, 0.2) is 0 Å². The van der Waals surface area contributed by atoms with Crippen LogP contribution in [0.15, 0.2) is 12.2 Å². The number of ether oxygens (including phenoxy) is 1. The zero-order valence-electron chi connectivity index (χ0n) is 8.99. The minimum atomic E-state index is 0.354. The first-order chi connectivity index (χ1) is 6.31. The highest BCUT2D eigenvalue weighted by Crippen LogP contribution is 2.18. The van der Waals surface area contributed by atoms with Crippen molar-refractivity contribution in [3.63, 3.8) is 0 Å². The Morgan fingerprint density at radius 1 is 1.23 bits per heavy atom. The van der Waals surface area contributed by atoms with Crippen molar-refractivity contribution in [3.8, 4) is 0 Å². The molecule has 0 aromatic heterocycles. The number of nitrogens with zero attached hydrogens (tertiary/aromatic N) is 1. The molecular formula is C11H21NO. The highest BCUT2D eigenvalue weighted by atomic mass is 16.5. The van der Waals surface area contributed by atoms with Gasteiger partial charge in [-0.1, -0.05) is 26.0 Å². The van der Waals surface area contributed by atoms with E-state index >= 15 is 0 Å². The molecule has 0 radical (unpaired) electrons. The molecule has 0 amide bonds. The maximum absolute atomic E-state index is 5.28. The summed E-state index contributed by atoms with van der Waals surface area (Å²) in [4.78, 5) is 2.49. The first-order valence-corrected chi connectivity index (χ1v) is 5.27. The Morgan fingerprint density at radius 2 is 1.92 bits per heavy atom. The second-order valence-corrected chi connectivity index (χ2v) is 3.52. The molecule has 76 valence electrons. The molecule has 1 aliphatic rings. The lowest BCUT2D eigenvalue weighted by Crippen LogP contribution is -2.36. The monoisotopic (exact) mass is 183 g/mol. The third-order valence-corrected chi connectivity index (χ3v) is 2.88. The molecule has 2 nitrogen and oxygen atoms in total. The molecule has 13 heavy (non-hydrogen) atoms. The molecule has 0 fully saturated rings. The van der Waals surface area contributed by atoms with Crippen LogP contribution in [0.25, 0.3) is 0 Å². The van der Waals surface area contributed by atoms with Crippen molar-refractivity contribution < 1.29 is 4.74 Å². The summed E-state index contributed by atoms with van der Waals surface area (Å²) in [6.07, 6.45) is 7.24. The molecule has 0 aromatic carbocycles. The number of rotatable bonds is 4. The Kier molecular flexibility index (Phi) is 4.46. The van der Waals surface area contributed by atoms with Gasteiger partial charge in [0.2, 0.25) is 0 Å². The van der Waals surface area contributed by atoms with Gasteiger partial charge < -0.3 is 4.74 Å². The fourth-order valence-electron chi connectivity index (χ4n) is 1.97. The molecule has 0 spiro atoms. The van der Waals surface area contributed by atoms with Gasteiger partial charge in [0.05, 0.1) is 6.10 Å². The lowest BCUT2D eigenvalue weighted by molar-refractivity contribution is 0.112. The summed E-state index contributed by atoms with van der Waals surface area (Å²) in [6.45, 7) is 6.73. The summed E-state index contributed by atoms with van der Waals surface area (Å²) < 4.78 is 5.28. The van der Waals surface area contributed by atoms with Crippen LogP contribution in [0.1, 0.15) is 26.7 Å². The van der Waals surface area contributed by atoms with E-state index in [1.54, 1.807) is 7.11 Å². The molecule has 0 bridgehead atoms. The van der Waals surface area contributed by atoms with Crippen molar-refractivity contribution >= 4 is 0 Å². The average Bonchev–Trinajstić information content (AvgIpc) is 2.21. The quantitative estimate of drug-likeness (QED) is 0.619. The molecule has 0 saturated carbocycles. The van der Waals surface area contributed by atoms with Crippen LogP contribution in [0.3, 0.4) is 0 Å². The van der Waals surface area contributed by atoms with Crippen LogP contribution in [0.5, 0.6) is 0 Å². The molecule has 0 unspecified atom stereocenters. The minimum Gasteiger partial charge on any atom is -0.377 e. The lowest BCUT2D eigenvalue weighted by Gasteiger charge is -2.31. The van der Waals surface area contributed by atoms with Gasteiger partial charge in [-0.2, -0.15) is 0 Å². The maximum atomic E-state index is 5.28. The van der Waals surface area contributed by atoms with E-state index in [2.05, 4.69) is 30.9 Å². The first-order valence-electron chi connectivity index (χ1n) is 5.27. The van der Waals surface area contributed by atoms with Gasteiger partial charge in [0, 0.05) is 13.2 Å². The van der Waals surface area contributed by atoms with Crippen molar-refractivity contribution in [2.24, 2.45) is 0 Å². The van der Waals surface area contributed by atoms with Crippen LogP contribution in [-0.2, 0) is 4.74 Å². The van der Waals surface area contributed by atoms with E-state index in [9.17, 15) is 0 Å². The Bertz CT molecular complexity index is 163. The molecule has 1 aliphatic carbocycles. The minimum absolute atomic E-state index is 0.354. The predicted molar refractivity (Wildman–Crippen MR) is 55.9 cm³/mol. The SMILES string of the molecule is CCN(CC)[C@@H]1C=C[C@@H](OC)CC1. The van der Waals surface area contributed by atoms with Crippen LogP contribution < -0.4 is 0 Å². The van der Waals surface area contributed by atoms with Crippen LogP contribution in [0.2, 0.25) is 0 Å². The third-order valence-electron chi connectivity index (χ3n) is 2.88. The Labute approximate surface area is 81.6 Å². The second kappa shape index (κ2) is 5.40. The fraction of sp³-hybridized carbons (Fsp3) is 0.818. The first kappa shape index (κ1) is 10.7. The largest absolute Gasteiger partial charge is 0.377 e. The highest BCUT2D eigenvalue weighted by Gasteiger charge is 2.18. The van der Waals surface area contributed by atoms with E-state index in [4.69, 9.17) is 4.74 Å². The van der Waals surface area contributed by atoms with Crippen molar-refractivity contribution in [2.75, 3.05) is 20.2 Å². The van der Waals surface area contributed by atoms with Gasteiger partial charge in [0.25, 0.3) is 0 Å². The molecule has 2 heteroatoms. The number of likely N-dealkylation sites (N-methyl/N-ethyl adjacent to an activating group) is 1. The van der Waals surface area contributed by atoms with Crippen molar-refractivity contribution in [2.45, 2.75) is 38.8 Å². The molecule has 0 saturated heterocycles. The smallest absolute Gasteiger partial charge is 0.0753 e. The molecule has 0 heterocycles. The molecule has 1 rings (SSSR count). The molecular weight excluding hydrogens is 162 g/mol. The van der Waals surface area contributed by atoms with E-state index in [-0.39, 0.29) is 0 Å². The van der Waals surface area contributed by atoms with Crippen molar-refractivity contribution in [3.05, 3.63) is 12.2 Å². The van der Waals surface area contributed by atoms with Gasteiger partial charge in [-0.05, 0) is 25.9 Å². The Balaban J connectivity index is 2.46. The van der Waals surface area contributed by atoms with Gasteiger partial charge in [-0.15, -0.1) is 0 Å². The van der Waals surface area contributed by atoms with E-state index in [0.717, 1.165) is 19.5 Å². The van der Waals surface area contributed by atoms with Crippen LogP contribution in [0.4, 0.5) is 0 Å². The standard InChI is InChI=1S/C11H21NO/c1-4-12(5-2)10-6-8-11(13-3)9-7-10/h6,8,10-11H,4-5,7,9H2,1-3H3/t10-,11-/m1/s1. The summed E-state index contributed by atoms with van der Waals surface area (Å²) in [5, 5.41) is 0. The second-order valence-electron chi connectivity index (χ2n) is 3.52. The Morgan fingerprint density at radius 3 is 2.31 bits per heavy atom. The number of methoxy groups -OCH3 is 1. The zero-order valence-corrected chi connectivity index (χ0v) is 8.99. The molecule has 0 aliphatic heterocycles. The summed E-state index contributed by atoms with van der Waals surface area (Å²) in [6, 6.07) is 0.640. The van der Waals surface area contributed by atoms with Gasteiger partial charge >= 0.3 is 0 Å². The third kappa shape index (κ3) is 2.82. The zero-order chi connectivity index (χ0) is 9.68. The summed E-state index contributed by atoms with van der Waals surface area (Å²) >= 11 is 0. The number of hydrogen-bond acceptors (Lipinski definition) is 2. The van der Waals surface area contributed by atoms with Crippen molar-refractivity contribution in [1.29, 1.82) is 0 Å². The highest BCUT2D eigenvalue weighted by molar-refractivity contribution is 5.03. The average molecular weight is 183 g/mol. The summed E-state index contributed by atoms with van der Waals surface area (Å²) in [7, 11) is 1.78. The summed E-state index contributed by atoms with van der Waals surface area (Å²) in [5.41, 5.74) is 0. The van der Waals surface area contributed by atoms with E-state index < -0.39 is 0 Å². The van der Waals surface area contributed by atoms with Crippen LogP contribution >= 0.6 is 0 Å². The van der Waals surface area contributed by atoms with Gasteiger partial charge in [-0.3, -0.25) is 4.90 Å². The van der Waals surface area contributed by atoms with Gasteiger partial charge in [0.1, 0.15) is 0 Å². The normalized spacial score (nSPS) is 28.3.